The quantitative estimate of drug-likeness (QED) is 0.257. The SMILES string of the molecule is CN/C(Nc1ccccc1)=C(/C(=O)Nc1ccccc1)C(N)=Nc1ccc(Cl)cc1. The van der Waals surface area contributed by atoms with Crippen molar-refractivity contribution in [2.75, 3.05) is 17.7 Å². The van der Waals surface area contributed by atoms with Gasteiger partial charge in [-0.25, -0.2) is 4.99 Å². The molecule has 3 aromatic carbocycles. The van der Waals surface area contributed by atoms with Gasteiger partial charge in [-0.3, -0.25) is 4.79 Å². The van der Waals surface area contributed by atoms with Crippen LogP contribution in [0.2, 0.25) is 5.02 Å². The van der Waals surface area contributed by atoms with Crippen molar-refractivity contribution in [3.63, 3.8) is 0 Å². The summed E-state index contributed by atoms with van der Waals surface area (Å²) in [6.45, 7) is 0. The first-order chi connectivity index (χ1) is 14.6. The molecule has 0 radical (unpaired) electrons. The lowest BCUT2D eigenvalue weighted by Crippen LogP contribution is -2.32. The summed E-state index contributed by atoms with van der Waals surface area (Å²) in [5.41, 5.74) is 8.50. The van der Waals surface area contributed by atoms with Crippen molar-refractivity contribution in [2.24, 2.45) is 10.7 Å². The first-order valence-electron chi connectivity index (χ1n) is 9.27. The molecule has 0 atom stereocenters. The lowest BCUT2D eigenvalue weighted by atomic mass is 10.2. The van der Waals surface area contributed by atoms with Gasteiger partial charge in [0.1, 0.15) is 17.2 Å². The largest absolute Gasteiger partial charge is 0.383 e. The summed E-state index contributed by atoms with van der Waals surface area (Å²) in [5.74, 6) is 0.0765. The van der Waals surface area contributed by atoms with E-state index in [0.29, 0.717) is 22.2 Å². The summed E-state index contributed by atoms with van der Waals surface area (Å²) < 4.78 is 0. The van der Waals surface area contributed by atoms with E-state index >= 15 is 0 Å². The Bertz CT molecular complexity index is 1050. The molecule has 0 fully saturated rings. The molecule has 0 aliphatic rings. The highest BCUT2D eigenvalue weighted by molar-refractivity contribution is 6.30. The lowest BCUT2D eigenvalue weighted by molar-refractivity contribution is -0.112. The molecule has 5 N–H and O–H groups in total. The predicted molar refractivity (Wildman–Crippen MR) is 124 cm³/mol. The van der Waals surface area contributed by atoms with Gasteiger partial charge in [-0.1, -0.05) is 48.0 Å². The van der Waals surface area contributed by atoms with Crippen LogP contribution >= 0.6 is 11.6 Å². The Morgan fingerprint density at radius 1 is 0.833 bits per heavy atom. The highest BCUT2D eigenvalue weighted by Crippen LogP contribution is 2.19. The predicted octanol–water partition coefficient (Wildman–Crippen LogP) is 4.51. The van der Waals surface area contributed by atoms with Crippen LogP contribution in [0.1, 0.15) is 0 Å². The van der Waals surface area contributed by atoms with Crippen molar-refractivity contribution < 1.29 is 4.79 Å². The highest BCUT2D eigenvalue weighted by Gasteiger charge is 2.20. The second kappa shape index (κ2) is 10.1. The molecule has 0 saturated heterocycles. The molecule has 0 unspecified atom stereocenters. The van der Waals surface area contributed by atoms with Crippen LogP contribution in [0.25, 0.3) is 0 Å². The molecule has 0 heterocycles. The molecular weight excluding hydrogens is 398 g/mol. The zero-order chi connectivity index (χ0) is 21.3. The Balaban J connectivity index is 2.01. The van der Waals surface area contributed by atoms with Crippen molar-refractivity contribution in [2.45, 2.75) is 0 Å². The second-order valence-corrected chi connectivity index (χ2v) is 6.72. The Kier molecular flexibility index (Phi) is 7.08. The van der Waals surface area contributed by atoms with Gasteiger partial charge in [0, 0.05) is 23.4 Å². The minimum Gasteiger partial charge on any atom is -0.383 e. The lowest BCUT2D eigenvalue weighted by Gasteiger charge is -2.17. The topological polar surface area (TPSA) is 91.5 Å². The summed E-state index contributed by atoms with van der Waals surface area (Å²) in [5, 5.41) is 9.67. The third kappa shape index (κ3) is 5.62. The van der Waals surface area contributed by atoms with Crippen LogP contribution in [0.5, 0.6) is 0 Å². The van der Waals surface area contributed by atoms with Gasteiger partial charge in [-0.05, 0) is 48.5 Å². The highest BCUT2D eigenvalue weighted by atomic mass is 35.5. The van der Waals surface area contributed by atoms with Crippen LogP contribution in [-0.4, -0.2) is 18.8 Å². The minimum atomic E-state index is -0.399. The van der Waals surface area contributed by atoms with Gasteiger partial charge >= 0.3 is 0 Å². The van der Waals surface area contributed by atoms with E-state index in [1.807, 2.05) is 48.5 Å². The molecule has 6 nitrogen and oxygen atoms in total. The Labute approximate surface area is 180 Å². The molecule has 152 valence electrons. The number of aliphatic imine (C=N–C) groups is 1. The molecule has 7 heteroatoms. The smallest absolute Gasteiger partial charge is 0.263 e. The van der Waals surface area contributed by atoms with Gasteiger partial charge in [0.2, 0.25) is 0 Å². The number of hydrogen-bond donors (Lipinski definition) is 4. The first-order valence-corrected chi connectivity index (χ1v) is 9.65. The molecule has 0 aliphatic heterocycles. The Hall–Kier alpha value is -3.77. The number of benzene rings is 3. The van der Waals surface area contributed by atoms with Gasteiger partial charge in [-0.15, -0.1) is 0 Å². The van der Waals surface area contributed by atoms with Crippen LogP contribution in [0.4, 0.5) is 17.1 Å². The normalized spacial score (nSPS) is 12.0. The van der Waals surface area contributed by atoms with Crippen LogP contribution in [0.3, 0.4) is 0 Å². The molecule has 30 heavy (non-hydrogen) atoms. The maximum atomic E-state index is 13.2. The van der Waals surface area contributed by atoms with Crippen molar-refractivity contribution >= 4 is 40.4 Å². The van der Waals surface area contributed by atoms with Crippen LogP contribution in [-0.2, 0) is 4.79 Å². The van der Waals surface area contributed by atoms with Crippen molar-refractivity contribution in [1.82, 2.24) is 5.32 Å². The zero-order valence-corrected chi connectivity index (χ0v) is 17.1. The summed E-state index contributed by atoms with van der Waals surface area (Å²) in [6, 6.07) is 25.5. The van der Waals surface area contributed by atoms with Crippen molar-refractivity contribution in [3.05, 3.63) is 101 Å². The number of nitrogens with zero attached hydrogens (tertiary/aromatic N) is 1. The number of rotatable bonds is 7. The van der Waals surface area contributed by atoms with Gasteiger partial charge < -0.3 is 21.7 Å². The first kappa shape index (κ1) is 21.0. The summed E-state index contributed by atoms with van der Waals surface area (Å²) >= 11 is 5.94. The minimum absolute atomic E-state index is 0.0542. The van der Waals surface area contributed by atoms with E-state index < -0.39 is 5.91 Å². The standard InChI is InChI=1S/C23H22ClN5O/c1-26-22(28-17-8-4-2-5-9-17)20(23(30)29-18-10-6-3-7-11-18)21(25)27-19-14-12-16(24)13-15-19/h2-15,26,28H,1H3,(H2,25,27)(H,29,30)/b22-20-. The number of nitrogens with one attached hydrogen (secondary N) is 3. The van der Waals surface area contributed by atoms with E-state index in [-0.39, 0.29) is 11.4 Å². The Morgan fingerprint density at radius 3 is 1.90 bits per heavy atom. The Morgan fingerprint density at radius 2 is 1.37 bits per heavy atom. The van der Waals surface area contributed by atoms with Crippen LogP contribution < -0.4 is 21.7 Å². The van der Waals surface area contributed by atoms with Crippen molar-refractivity contribution in [1.29, 1.82) is 0 Å². The molecule has 0 aromatic heterocycles. The van der Waals surface area contributed by atoms with E-state index in [1.54, 1.807) is 43.4 Å². The third-order valence-electron chi connectivity index (χ3n) is 4.13. The van der Waals surface area contributed by atoms with E-state index in [1.165, 1.54) is 0 Å². The second-order valence-electron chi connectivity index (χ2n) is 6.28. The average Bonchev–Trinajstić information content (AvgIpc) is 2.76. The summed E-state index contributed by atoms with van der Waals surface area (Å²) in [7, 11) is 1.71. The van der Waals surface area contributed by atoms with Gasteiger partial charge in [0.15, 0.2) is 0 Å². The summed E-state index contributed by atoms with van der Waals surface area (Å²) in [4.78, 5) is 17.6. The van der Waals surface area contributed by atoms with E-state index in [2.05, 4.69) is 20.9 Å². The molecule has 3 rings (SSSR count). The molecular formula is C23H22ClN5O. The molecule has 3 aromatic rings. The van der Waals surface area contributed by atoms with Gasteiger partial charge in [0.05, 0.1) is 5.69 Å². The fraction of sp³-hybridized carbons (Fsp3) is 0.0435. The maximum absolute atomic E-state index is 13.2. The number of anilines is 2. The molecule has 0 spiro atoms. The van der Waals surface area contributed by atoms with Gasteiger partial charge in [0.25, 0.3) is 5.91 Å². The fourth-order valence-corrected chi connectivity index (χ4v) is 2.83. The number of halogens is 1. The van der Waals surface area contributed by atoms with E-state index in [0.717, 1.165) is 5.69 Å². The summed E-state index contributed by atoms with van der Waals surface area (Å²) in [6.07, 6.45) is 0. The van der Waals surface area contributed by atoms with Crippen LogP contribution in [0, 0.1) is 0 Å². The third-order valence-corrected chi connectivity index (χ3v) is 4.39. The number of para-hydroxylation sites is 2. The maximum Gasteiger partial charge on any atom is 0.263 e. The number of amidine groups is 1. The monoisotopic (exact) mass is 419 g/mol. The zero-order valence-electron chi connectivity index (χ0n) is 16.4. The number of hydrogen-bond acceptors (Lipinski definition) is 4. The number of carbonyl (C=O) groups is 1. The fourth-order valence-electron chi connectivity index (χ4n) is 2.70. The number of carbonyl (C=O) groups excluding carboxylic acids is 1. The molecule has 1 amide bonds. The average molecular weight is 420 g/mol. The van der Waals surface area contributed by atoms with E-state index in [9.17, 15) is 4.79 Å². The van der Waals surface area contributed by atoms with Crippen LogP contribution in [0.15, 0.2) is 101 Å². The van der Waals surface area contributed by atoms with Crippen molar-refractivity contribution in [3.8, 4) is 0 Å². The molecule has 0 aliphatic carbocycles. The molecule has 0 bridgehead atoms. The molecule has 0 saturated carbocycles. The van der Waals surface area contributed by atoms with Gasteiger partial charge in [-0.2, -0.15) is 0 Å². The number of nitrogens with two attached hydrogens (primary N) is 1. The van der Waals surface area contributed by atoms with E-state index in [4.69, 9.17) is 17.3 Å². The number of amides is 1.